The van der Waals surface area contributed by atoms with E-state index in [2.05, 4.69) is 11.8 Å². The van der Waals surface area contributed by atoms with E-state index in [0.717, 1.165) is 32.5 Å². The second kappa shape index (κ2) is 6.62. The van der Waals surface area contributed by atoms with E-state index in [1.165, 1.54) is 0 Å². The molecular formula is C9H21NO. The molecule has 0 aromatic rings. The van der Waals surface area contributed by atoms with Crippen LogP contribution in [-0.2, 0) is 0 Å². The summed E-state index contributed by atoms with van der Waals surface area (Å²) in [5, 5.41) is 9.10. The van der Waals surface area contributed by atoms with Gasteiger partial charge in [-0.25, -0.2) is 0 Å². The lowest BCUT2D eigenvalue weighted by atomic mass is 10.1. The topological polar surface area (TPSA) is 23.5 Å². The van der Waals surface area contributed by atoms with E-state index < -0.39 is 0 Å². The van der Waals surface area contributed by atoms with Crippen molar-refractivity contribution in [2.45, 2.75) is 39.7 Å². The molecule has 1 aliphatic heterocycles. The van der Waals surface area contributed by atoms with Crippen LogP contribution in [0.1, 0.15) is 33.6 Å². The molecule has 0 aromatic heterocycles. The zero-order chi connectivity index (χ0) is 8.69. The first-order valence-electron chi connectivity index (χ1n) is 4.73. The first kappa shape index (κ1) is 10.9. The van der Waals surface area contributed by atoms with Gasteiger partial charge in [0.1, 0.15) is 0 Å². The van der Waals surface area contributed by atoms with Gasteiger partial charge in [0.25, 0.3) is 0 Å². The molecule has 1 heterocycles. The highest BCUT2D eigenvalue weighted by molar-refractivity contribution is 4.69. The Hall–Kier alpha value is -0.0800. The number of piperidine rings is 1. The summed E-state index contributed by atoms with van der Waals surface area (Å²) in [6, 6.07) is 0. The number of nitrogens with zero attached hydrogens (tertiary/aromatic N) is 1. The smallest absolute Gasteiger partial charge is 0.0564 e. The molecule has 0 unspecified atom stereocenters. The molecule has 0 aromatic carbocycles. The van der Waals surface area contributed by atoms with Crippen LogP contribution < -0.4 is 0 Å². The normalized spacial score (nSPS) is 20.7. The van der Waals surface area contributed by atoms with Gasteiger partial charge in [0.05, 0.1) is 6.10 Å². The number of aliphatic hydroxyl groups excluding tert-OH is 1. The van der Waals surface area contributed by atoms with Crippen LogP contribution in [-0.4, -0.2) is 35.7 Å². The highest BCUT2D eigenvalue weighted by Gasteiger charge is 2.14. The average Bonchev–Trinajstić information content (AvgIpc) is 2.10. The molecule has 1 N–H and O–H groups in total. The lowest BCUT2D eigenvalue weighted by molar-refractivity contribution is 0.0852. The maximum atomic E-state index is 9.10. The fourth-order valence-corrected chi connectivity index (χ4v) is 1.24. The van der Waals surface area contributed by atoms with E-state index in [4.69, 9.17) is 5.11 Å². The number of aliphatic hydroxyl groups is 1. The van der Waals surface area contributed by atoms with Crippen molar-refractivity contribution in [2.24, 2.45) is 0 Å². The van der Waals surface area contributed by atoms with Gasteiger partial charge in [0.15, 0.2) is 0 Å². The van der Waals surface area contributed by atoms with Crippen LogP contribution in [0.2, 0.25) is 0 Å². The SMILES string of the molecule is CC.CCN1CCC(O)CC1. The number of likely N-dealkylation sites (tertiary alicyclic amines) is 1. The first-order chi connectivity index (χ1) is 5.33. The summed E-state index contributed by atoms with van der Waals surface area (Å²) in [6.07, 6.45) is 1.91. The minimum absolute atomic E-state index is 0.0206. The van der Waals surface area contributed by atoms with Gasteiger partial charge in [-0.1, -0.05) is 20.8 Å². The summed E-state index contributed by atoms with van der Waals surface area (Å²) < 4.78 is 0. The Labute approximate surface area is 70.2 Å². The van der Waals surface area contributed by atoms with Gasteiger partial charge in [0, 0.05) is 13.1 Å². The van der Waals surface area contributed by atoms with Gasteiger partial charge >= 0.3 is 0 Å². The van der Waals surface area contributed by atoms with Gasteiger partial charge < -0.3 is 10.0 Å². The highest BCUT2D eigenvalue weighted by Crippen LogP contribution is 2.08. The monoisotopic (exact) mass is 159 g/mol. The highest BCUT2D eigenvalue weighted by atomic mass is 16.3. The summed E-state index contributed by atoms with van der Waals surface area (Å²) in [4.78, 5) is 2.37. The Morgan fingerprint density at radius 1 is 1.27 bits per heavy atom. The van der Waals surface area contributed by atoms with Gasteiger partial charge in [-0.15, -0.1) is 0 Å². The van der Waals surface area contributed by atoms with Gasteiger partial charge in [0.2, 0.25) is 0 Å². The molecule has 1 rings (SSSR count). The molecule has 0 atom stereocenters. The largest absolute Gasteiger partial charge is 0.393 e. The predicted molar refractivity (Wildman–Crippen MR) is 48.7 cm³/mol. The molecule has 1 fully saturated rings. The third-order valence-electron chi connectivity index (χ3n) is 2.00. The lowest BCUT2D eigenvalue weighted by Crippen LogP contribution is -2.35. The zero-order valence-corrected chi connectivity index (χ0v) is 8.01. The molecule has 0 bridgehead atoms. The quantitative estimate of drug-likeness (QED) is 0.626. The van der Waals surface area contributed by atoms with Crippen molar-refractivity contribution in [3.8, 4) is 0 Å². The van der Waals surface area contributed by atoms with Crippen molar-refractivity contribution in [1.29, 1.82) is 0 Å². The van der Waals surface area contributed by atoms with Crippen molar-refractivity contribution >= 4 is 0 Å². The van der Waals surface area contributed by atoms with Crippen molar-refractivity contribution < 1.29 is 5.11 Å². The van der Waals surface area contributed by atoms with Crippen molar-refractivity contribution in [3.05, 3.63) is 0 Å². The van der Waals surface area contributed by atoms with E-state index >= 15 is 0 Å². The van der Waals surface area contributed by atoms with Crippen LogP contribution in [0.25, 0.3) is 0 Å². The molecule has 0 saturated carbocycles. The van der Waals surface area contributed by atoms with Gasteiger partial charge in [-0.2, -0.15) is 0 Å². The molecule has 0 spiro atoms. The van der Waals surface area contributed by atoms with Crippen LogP contribution in [0.5, 0.6) is 0 Å². The number of hydrogen-bond donors (Lipinski definition) is 1. The van der Waals surface area contributed by atoms with E-state index in [1.807, 2.05) is 13.8 Å². The standard InChI is InChI=1S/C7H15NO.C2H6/c1-2-8-5-3-7(9)4-6-8;1-2/h7,9H,2-6H2,1H3;1-2H3. The van der Waals surface area contributed by atoms with E-state index in [0.29, 0.717) is 0 Å². The molecular weight excluding hydrogens is 138 g/mol. The molecule has 0 aliphatic carbocycles. The maximum absolute atomic E-state index is 9.10. The lowest BCUT2D eigenvalue weighted by Gasteiger charge is -2.27. The molecule has 2 heteroatoms. The van der Waals surface area contributed by atoms with E-state index in [9.17, 15) is 0 Å². The molecule has 1 aliphatic rings. The Bertz CT molecular complexity index is 77.6. The van der Waals surface area contributed by atoms with Crippen LogP contribution in [0.15, 0.2) is 0 Å². The Kier molecular flexibility index (Phi) is 6.57. The minimum Gasteiger partial charge on any atom is -0.393 e. The fourth-order valence-electron chi connectivity index (χ4n) is 1.24. The molecule has 2 nitrogen and oxygen atoms in total. The van der Waals surface area contributed by atoms with Gasteiger partial charge in [-0.05, 0) is 19.4 Å². The summed E-state index contributed by atoms with van der Waals surface area (Å²) >= 11 is 0. The van der Waals surface area contributed by atoms with Crippen LogP contribution >= 0.6 is 0 Å². The van der Waals surface area contributed by atoms with Gasteiger partial charge in [-0.3, -0.25) is 0 Å². The van der Waals surface area contributed by atoms with Crippen LogP contribution in [0, 0.1) is 0 Å². The predicted octanol–water partition coefficient (Wildman–Crippen LogP) is 1.49. The second-order valence-electron chi connectivity index (χ2n) is 2.67. The van der Waals surface area contributed by atoms with Crippen molar-refractivity contribution in [1.82, 2.24) is 4.90 Å². The minimum atomic E-state index is -0.0206. The molecule has 0 amide bonds. The molecule has 0 radical (unpaired) electrons. The average molecular weight is 159 g/mol. The first-order valence-corrected chi connectivity index (χ1v) is 4.73. The Morgan fingerprint density at radius 3 is 2.09 bits per heavy atom. The summed E-state index contributed by atoms with van der Waals surface area (Å²) in [5.74, 6) is 0. The van der Waals surface area contributed by atoms with Crippen LogP contribution in [0.4, 0.5) is 0 Å². The third-order valence-corrected chi connectivity index (χ3v) is 2.00. The maximum Gasteiger partial charge on any atom is 0.0564 e. The zero-order valence-electron chi connectivity index (χ0n) is 8.01. The summed E-state index contributed by atoms with van der Waals surface area (Å²) in [6.45, 7) is 9.46. The van der Waals surface area contributed by atoms with Crippen molar-refractivity contribution in [2.75, 3.05) is 19.6 Å². The summed E-state index contributed by atoms with van der Waals surface area (Å²) in [7, 11) is 0. The second-order valence-corrected chi connectivity index (χ2v) is 2.67. The van der Waals surface area contributed by atoms with Crippen molar-refractivity contribution in [3.63, 3.8) is 0 Å². The van der Waals surface area contributed by atoms with E-state index in [1.54, 1.807) is 0 Å². The Morgan fingerprint density at radius 2 is 1.73 bits per heavy atom. The number of rotatable bonds is 1. The number of hydrogen-bond acceptors (Lipinski definition) is 2. The van der Waals surface area contributed by atoms with E-state index in [-0.39, 0.29) is 6.10 Å². The Balaban J connectivity index is 0.000000461. The van der Waals surface area contributed by atoms with Crippen LogP contribution in [0.3, 0.4) is 0 Å². The fraction of sp³-hybridized carbons (Fsp3) is 1.00. The molecule has 11 heavy (non-hydrogen) atoms. The third kappa shape index (κ3) is 4.38. The molecule has 1 saturated heterocycles. The molecule has 68 valence electrons. The summed E-state index contributed by atoms with van der Waals surface area (Å²) in [5.41, 5.74) is 0.